The second-order valence-corrected chi connectivity index (χ2v) is 7.66. The number of nitrogens with zero attached hydrogens (tertiary/aromatic N) is 4. The molecule has 1 N–H and O–H groups in total. The molecule has 1 atom stereocenters. The van der Waals surface area contributed by atoms with Crippen LogP contribution in [0.25, 0.3) is 0 Å². The number of ether oxygens (including phenoxy) is 3. The summed E-state index contributed by atoms with van der Waals surface area (Å²) in [6.07, 6.45) is 1.16. The van der Waals surface area contributed by atoms with Crippen molar-refractivity contribution in [2.75, 3.05) is 40.0 Å². The number of fused-ring (bicyclic) bond motifs is 2. The van der Waals surface area contributed by atoms with Gasteiger partial charge in [-0.1, -0.05) is 6.07 Å². The normalized spacial score (nSPS) is 17.1. The molecule has 30 heavy (non-hydrogen) atoms. The van der Waals surface area contributed by atoms with Crippen molar-refractivity contribution in [1.82, 2.24) is 25.0 Å². The summed E-state index contributed by atoms with van der Waals surface area (Å²) in [5.74, 6) is 3.37. The van der Waals surface area contributed by atoms with Gasteiger partial charge in [-0.2, -0.15) is 0 Å². The minimum absolute atomic E-state index is 0.0458. The summed E-state index contributed by atoms with van der Waals surface area (Å²) < 4.78 is 18.4. The molecule has 0 saturated carbocycles. The minimum atomic E-state index is -0.194. The van der Waals surface area contributed by atoms with Crippen LogP contribution in [-0.4, -0.2) is 65.6 Å². The van der Waals surface area contributed by atoms with Crippen LogP contribution in [0.3, 0.4) is 0 Å². The van der Waals surface area contributed by atoms with Gasteiger partial charge in [0.1, 0.15) is 19.0 Å². The second kappa shape index (κ2) is 9.44. The van der Waals surface area contributed by atoms with Crippen LogP contribution < -0.4 is 14.8 Å². The lowest BCUT2D eigenvalue weighted by atomic mass is 10.1. The van der Waals surface area contributed by atoms with Gasteiger partial charge in [-0.05, 0) is 24.6 Å². The Morgan fingerprint density at radius 3 is 2.87 bits per heavy atom. The zero-order chi connectivity index (χ0) is 20.9. The predicted octanol–water partition coefficient (Wildman–Crippen LogP) is 1.32. The highest BCUT2D eigenvalue weighted by molar-refractivity contribution is 5.76. The Labute approximate surface area is 176 Å². The summed E-state index contributed by atoms with van der Waals surface area (Å²) >= 11 is 0. The summed E-state index contributed by atoms with van der Waals surface area (Å²) in [5.41, 5.74) is 1.20. The number of rotatable bonds is 7. The highest BCUT2D eigenvalue weighted by Gasteiger charge is 2.23. The number of carbonyl (C=O) groups is 1. The topological polar surface area (TPSA) is 90.7 Å². The van der Waals surface area contributed by atoms with Crippen molar-refractivity contribution in [3.05, 3.63) is 35.4 Å². The van der Waals surface area contributed by atoms with E-state index in [9.17, 15) is 4.79 Å². The molecule has 3 heterocycles. The molecule has 9 nitrogen and oxygen atoms in total. The summed E-state index contributed by atoms with van der Waals surface area (Å²) in [6, 6.07) is 5.96. The molecule has 1 aromatic heterocycles. The summed E-state index contributed by atoms with van der Waals surface area (Å²) in [5, 5.41) is 11.7. The van der Waals surface area contributed by atoms with E-state index in [1.165, 1.54) is 5.56 Å². The van der Waals surface area contributed by atoms with Crippen molar-refractivity contribution in [2.24, 2.45) is 0 Å². The molecule has 2 aliphatic rings. The average molecular weight is 415 g/mol. The summed E-state index contributed by atoms with van der Waals surface area (Å²) in [6.45, 7) is 6.97. The quantitative estimate of drug-likeness (QED) is 0.729. The number of nitrogens with one attached hydrogen (secondary N) is 1. The van der Waals surface area contributed by atoms with Gasteiger partial charge in [-0.25, -0.2) is 0 Å². The van der Waals surface area contributed by atoms with Crippen molar-refractivity contribution in [1.29, 1.82) is 0 Å². The molecule has 162 valence electrons. The molecule has 9 heteroatoms. The Bertz CT molecular complexity index is 884. The van der Waals surface area contributed by atoms with E-state index >= 15 is 0 Å². The Morgan fingerprint density at radius 2 is 2.03 bits per heavy atom. The van der Waals surface area contributed by atoms with Gasteiger partial charge < -0.3 is 24.1 Å². The SMILES string of the molecule is COCCC(=O)NC(C)c1nnc2n1CCN(Cc1ccc3c(c1)OCCO3)CC2. The first-order valence-corrected chi connectivity index (χ1v) is 10.4. The lowest BCUT2D eigenvalue weighted by Gasteiger charge is -2.22. The maximum Gasteiger partial charge on any atom is 0.222 e. The van der Waals surface area contributed by atoms with E-state index in [4.69, 9.17) is 14.2 Å². The van der Waals surface area contributed by atoms with Crippen LogP contribution in [-0.2, 0) is 29.0 Å². The van der Waals surface area contributed by atoms with Crippen LogP contribution in [0.1, 0.15) is 36.6 Å². The lowest BCUT2D eigenvalue weighted by molar-refractivity contribution is -0.122. The summed E-state index contributed by atoms with van der Waals surface area (Å²) in [7, 11) is 1.59. The fourth-order valence-corrected chi connectivity index (χ4v) is 3.88. The molecular weight excluding hydrogens is 386 g/mol. The average Bonchev–Trinajstić information content (AvgIpc) is 3.07. The molecular formula is C21H29N5O4. The fraction of sp³-hybridized carbons (Fsp3) is 0.571. The van der Waals surface area contributed by atoms with E-state index in [1.807, 2.05) is 13.0 Å². The van der Waals surface area contributed by atoms with E-state index in [0.29, 0.717) is 26.2 Å². The molecule has 2 aliphatic heterocycles. The van der Waals surface area contributed by atoms with Gasteiger partial charge in [0.15, 0.2) is 17.3 Å². The van der Waals surface area contributed by atoms with Crippen molar-refractivity contribution in [2.45, 2.75) is 38.9 Å². The Balaban J connectivity index is 1.37. The maximum absolute atomic E-state index is 12.0. The zero-order valence-corrected chi connectivity index (χ0v) is 17.6. The van der Waals surface area contributed by atoms with Crippen LogP contribution in [0, 0.1) is 0 Å². The van der Waals surface area contributed by atoms with Gasteiger partial charge in [0.05, 0.1) is 12.6 Å². The molecule has 4 rings (SSSR count). The third-order valence-electron chi connectivity index (χ3n) is 5.46. The third-order valence-corrected chi connectivity index (χ3v) is 5.46. The van der Waals surface area contributed by atoms with Gasteiger partial charge in [0, 0.05) is 46.1 Å². The molecule has 0 fully saturated rings. The number of benzene rings is 1. The van der Waals surface area contributed by atoms with Gasteiger partial charge in [0.25, 0.3) is 0 Å². The molecule has 0 spiro atoms. The molecule has 0 aliphatic carbocycles. The predicted molar refractivity (Wildman–Crippen MR) is 109 cm³/mol. The number of hydrogen-bond donors (Lipinski definition) is 1. The molecule has 0 bridgehead atoms. The van der Waals surface area contributed by atoms with Crippen LogP contribution in [0.5, 0.6) is 11.5 Å². The first kappa shape index (κ1) is 20.6. The summed E-state index contributed by atoms with van der Waals surface area (Å²) in [4.78, 5) is 14.4. The monoisotopic (exact) mass is 415 g/mol. The zero-order valence-electron chi connectivity index (χ0n) is 17.6. The first-order chi connectivity index (χ1) is 14.6. The van der Waals surface area contributed by atoms with Gasteiger partial charge in [0.2, 0.25) is 5.91 Å². The Kier molecular flexibility index (Phi) is 6.49. The van der Waals surface area contributed by atoms with E-state index in [0.717, 1.165) is 55.7 Å². The number of hydrogen-bond acceptors (Lipinski definition) is 7. The molecule has 1 amide bonds. The van der Waals surface area contributed by atoms with Crippen molar-refractivity contribution in [3.63, 3.8) is 0 Å². The van der Waals surface area contributed by atoms with E-state index in [-0.39, 0.29) is 11.9 Å². The third kappa shape index (κ3) is 4.73. The van der Waals surface area contributed by atoms with Crippen LogP contribution >= 0.6 is 0 Å². The largest absolute Gasteiger partial charge is 0.486 e. The molecule has 2 aromatic rings. The van der Waals surface area contributed by atoms with Crippen LogP contribution in [0.2, 0.25) is 0 Å². The first-order valence-electron chi connectivity index (χ1n) is 10.4. The molecule has 0 saturated heterocycles. The lowest BCUT2D eigenvalue weighted by Crippen LogP contribution is -2.30. The van der Waals surface area contributed by atoms with Gasteiger partial charge in [-0.15, -0.1) is 10.2 Å². The van der Waals surface area contributed by atoms with E-state index in [1.54, 1.807) is 7.11 Å². The van der Waals surface area contributed by atoms with E-state index in [2.05, 4.69) is 37.1 Å². The van der Waals surface area contributed by atoms with Gasteiger partial charge >= 0.3 is 0 Å². The maximum atomic E-state index is 12.0. The van der Waals surface area contributed by atoms with Crippen molar-refractivity contribution in [3.8, 4) is 11.5 Å². The Hall–Kier alpha value is -2.65. The van der Waals surface area contributed by atoms with E-state index < -0.39 is 0 Å². The molecule has 1 unspecified atom stereocenters. The number of methoxy groups -OCH3 is 1. The highest BCUT2D eigenvalue weighted by atomic mass is 16.6. The number of carbonyl (C=O) groups excluding carboxylic acids is 1. The molecule has 0 radical (unpaired) electrons. The fourth-order valence-electron chi connectivity index (χ4n) is 3.88. The smallest absolute Gasteiger partial charge is 0.222 e. The number of aromatic nitrogens is 3. The van der Waals surface area contributed by atoms with Crippen LogP contribution in [0.15, 0.2) is 18.2 Å². The van der Waals surface area contributed by atoms with Gasteiger partial charge in [-0.3, -0.25) is 9.69 Å². The van der Waals surface area contributed by atoms with Crippen LogP contribution in [0.4, 0.5) is 0 Å². The van der Waals surface area contributed by atoms with Crippen molar-refractivity contribution < 1.29 is 19.0 Å². The number of amides is 1. The highest BCUT2D eigenvalue weighted by Crippen LogP contribution is 2.31. The second-order valence-electron chi connectivity index (χ2n) is 7.66. The van der Waals surface area contributed by atoms with Crippen molar-refractivity contribution >= 4 is 5.91 Å². The Morgan fingerprint density at radius 1 is 1.20 bits per heavy atom. The standard InChI is InChI=1S/C21H29N5O4/c1-15(22-20(27)6-10-28-2)21-24-23-19-5-7-25(8-9-26(19)21)14-16-3-4-17-18(13-16)30-12-11-29-17/h3-4,13,15H,5-12,14H2,1-2H3,(H,22,27). The minimum Gasteiger partial charge on any atom is -0.486 e. The molecule has 1 aromatic carbocycles.